The van der Waals surface area contributed by atoms with Crippen molar-refractivity contribution in [2.24, 2.45) is 0 Å². The molecule has 0 saturated heterocycles. The lowest BCUT2D eigenvalue weighted by Crippen LogP contribution is -1.99. The fraction of sp³-hybridized carbons (Fsp3) is 0. The average molecular weight is 716 g/mol. The molecule has 0 fully saturated rings. The largest absolute Gasteiger partial charge is 0.456 e. The first-order valence-electron chi connectivity index (χ1n) is 19.1. The standard InChI is InChI=1S/C52H33N3O/c1-2-16-37(17-3-1)55-47-22-7-6-21-43(47)52-48(24-11-25-49(52)55)54-39-19-9-15-36(31-39)35-14-8-18-38(30-35)53(46-23-10-13-34-12-4-5-20-42(34)46)40-26-28-50-44(32-40)45-33-41(54)27-29-51(45)56-50/h1-33H. The molecule has 0 radical (unpaired) electrons. The molecule has 9 aromatic carbocycles. The van der Waals surface area contributed by atoms with E-state index in [0.29, 0.717) is 0 Å². The number of para-hydroxylation sites is 2. The van der Waals surface area contributed by atoms with Crippen LogP contribution in [0.1, 0.15) is 0 Å². The molecule has 0 aliphatic carbocycles. The molecule has 0 aliphatic rings. The molecule has 262 valence electrons. The van der Waals surface area contributed by atoms with E-state index in [1.807, 2.05) is 0 Å². The zero-order chi connectivity index (χ0) is 36.7. The van der Waals surface area contributed by atoms with Gasteiger partial charge in [-0.3, -0.25) is 0 Å². The first-order chi connectivity index (χ1) is 27.8. The highest BCUT2D eigenvalue weighted by Crippen LogP contribution is 2.39. The summed E-state index contributed by atoms with van der Waals surface area (Å²) in [7, 11) is 0. The van der Waals surface area contributed by atoms with Crippen molar-refractivity contribution in [1.29, 1.82) is 0 Å². The third-order valence-electron chi connectivity index (χ3n) is 11.4. The molecule has 3 heterocycles. The Balaban J connectivity index is 1.26. The van der Waals surface area contributed by atoms with E-state index < -0.39 is 0 Å². The van der Waals surface area contributed by atoms with Gasteiger partial charge in [0.2, 0.25) is 0 Å². The molecule has 0 aliphatic heterocycles. The smallest absolute Gasteiger partial charge is 0.135 e. The van der Waals surface area contributed by atoms with Gasteiger partial charge in [0.1, 0.15) is 11.2 Å². The number of nitrogens with zero attached hydrogens (tertiary/aromatic N) is 3. The van der Waals surface area contributed by atoms with Crippen molar-refractivity contribution in [3.05, 3.63) is 200 Å². The molecule has 4 heteroatoms. The van der Waals surface area contributed by atoms with E-state index in [1.165, 1.54) is 27.1 Å². The summed E-state index contributed by atoms with van der Waals surface area (Å²) < 4.78 is 13.8. The first kappa shape index (κ1) is 30.9. The van der Waals surface area contributed by atoms with E-state index in [9.17, 15) is 0 Å². The summed E-state index contributed by atoms with van der Waals surface area (Å²) in [5.74, 6) is 0. The van der Waals surface area contributed by atoms with Gasteiger partial charge in [-0.1, -0.05) is 103 Å². The van der Waals surface area contributed by atoms with Crippen LogP contribution in [0.15, 0.2) is 205 Å². The lowest BCUT2D eigenvalue weighted by molar-refractivity contribution is 0.669. The highest BCUT2D eigenvalue weighted by molar-refractivity contribution is 6.14. The van der Waals surface area contributed by atoms with Crippen molar-refractivity contribution in [2.75, 3.05) is 0 Å². The summed E-state index contributed by atoms with van der Waals surface area (Å²) in [6, 6.07) is 72.4. The van der Waals surface area contributed by atoms with Gasteiger partial charge in [0.15, 0.2) is 0 Å². The molecule has 4 nitrogen and oxygen atoms in total. The number of rotatable bonds is 3. The predicted octanol–water partition coefficient (Wildman–Crippen LogP) is 14.0. The summed E-state index contributed by atoms with van der Waals surface area (Å²) in [6.45, 7) is 0. The van der Waals surface area contributed by atoms with Crippen LogP contribution in [0.3, 0.4) is 0 Å². The second kappa shape index (κ2) is 12.0. The SMILES string of the molecule is c1ccc(-n2c3ccccc3c3c(-n4c5cccc(c5)c5cccc(c5)n(-c5cccc6ccccc56)c5ccc6oc7ccc4cc7c6c5)cccc32)cc1. The maximum absolute atomic E-state index is 6.56. The van der Waals surface area contributed by atoms with Gasteiger partial charge in [0, 0.05) is 54.7 Å². The normalized spacial score (nSPS) is 11.9. The minimum Gasteiger partial charge on any atom is -0.456 e. The third-order valence-corrected chi connectivity index (χ3v) is 11.4. The van der Waals surface area contributed by atoms with E-state index in [4.69, 9.17) is 4.42 Å². The topological polar surface area (TPSA) is 27.9 Å². The van der Waals surface area contributed by atoms with Crippen LogP contribution in [0.25, 0.3) is 104 Å². The van der Waals surface area contributed by atoms with Gasteiger partial charge in [-0.05, 0) is 113 Å². The zero-order valence-electron chi connectivity index (χ0n) is 30.3. The number of hydrogen-bond acceptors (Lipinski definition) is 1. The van der Waals surface area contributed by atoms with Crippen molar-refractivity contribution in [1.82, 2.24) is 13.7 Å². The van der Waals surface area contributed by atoms with Crippen LogP contribution >= 0.6 is 0 Å². The Bertz CT molecular complexity index is 3590. The van der Waals surface area contributed by atoms with Crippen LogP contribution in [0.4, 0.5) is 0 Å². The molecule has 3 aromatic heterocycles. The van der Waals surface area contributed by atoms with Crippen LogP contribution in [-0.2, 0) is 0 Å². The van der Waals surface area contributed by atoms with Gasteiger partial charge < -0.3 is 18.1 Å². The van der Waals surface area contributed by atoms with Crippen LogP contribution in [-0.4, -0.2) is 13.7 Å². The van der Waals surface area contributed by atoms with Crippen molar-refractivity contribution >= 4 is 87.4 Å². The zero-order valence-corrected chi connectivity index (χ0v) is 30.3. The first-order valence-corrected chi connectivity index (χ1v) is 19.1. The van der Waals surface area contributed by atoms with E-state index in [0.717, 1.165) is 77.4 Å². The Hall–Kier alpha value is -7.56. The molecule has 0 saturated carbocycles. The van der Waals surface area contributed by atoms with E-state index in [2.05, 4.69) is 214 Å². The van der Waals surface area contributed by atoms with Gasteiger partial charge in [0.05, 0.1) is 22.4 Å². The molecule has 12 rings (SSSR count). The van der Waals surface area contributed by atoms with Gasteiger partial charge in [-0.2, -0.15) is 0 Å². The minimum absolute atomic E-state index is 0.860. The molecule has 0 spiro atoms. The summed E-state index contributed by atoms with van der Waals surface area (Å²) in [6.07, 6.45) is 0. The summed E-state index contributed by atoms with van der Waals surface area (Å²) >= 11 is 0. The molecule has 0 unspecified atom stereocenters. The number of furan rings is 1. The van der Waals surface area contributed by atoms with Gasteiger partial charge in [-0.15, -0.1) is 0 Å². The van der Waals surface area contributed by atoms with E-state index >= 15 is 0 Å². The highest BCUT2D eigenvalue weighted by atomic mass is 16.3. The number of fused-ring (bicyclic) bond motifs is 11. The minimum atomic E-state index is 0.860. The maximum Gasteiger partial charge on any atom is 0.135 e. The Morgan fingerprint density at radius 2 is 0.821 bits per heavy atom. The summed E-state index contributed by atoms with van der Waals surface area (Å²) in [4.78, 5) is 0. The molecule has 56 heavy (non-hydrogen) atoms. The van der Waals surface area contributed by atoms with Gasteiger partial charge >= 0.3 is 0 Å². The molecule has 12 aromatic rings. The van der Waals surface area contributed by atoms with Crippen LogP contribution in [0.5, 0.6) is 0 Å². The third kappa shape index (κ3) is 4.60. The lowest BCUT2D eigenvalue weighted by Gasteiger charge is -2.15. The molecule has 0 atom stereocenters. The number of aromatic nitrogens is 3. The Labute approximate surface area is 321 Å². The highest BCUT2D eigenvalue weighted by Gasteiger charge is 2.18. The van der Waals surface area contributed by atoms with Gasteiger partial charge in [-0.25, -0.2) is 0 Å². The van der Waals surface area contributed by atoms with Crippen molar-refractivity contribution in [3.63, 3.8) is 0 Å². The van der Waals surface area contributed by atoms with Crippen molar-refractivity contribution in [2.45, 2.75) is 0 Å². The number of hydrogen-bond donors (Lipinski definition) is 0. The molecular weight excluding hydrogens is 683 g/mol. The lowest BCUT2D eigenvalue weighted by atomic mass is 10.1. The van der Waals surface area contributed by atoms with Crippen molar-refractivity contribution < 1.29 is 4.42 Å². The quantitative estimate of drug-likeness (QED) is 0.179. The summed E-state index contributed by atoms with van der Waals surface area (Å²) in [5.41, 5.74) is 11.7. The van der Waals surface area contributed by atoms with Crippen LogP contribution in [0.2, 0.25) is 0 Å². The van der Waals surface area contributed by atoms with Crippen LogP contribution in [0, 0.1) is 0 Å². The number of benzene rings is 9. The fourth-order valence-corrected chi connectivity index (χ4v) is 8.98. The Morgan fingerprint density at radius 1 is 0.304 bits per heavy atom. The average Bonchev–Trinajstić information content (AvgIpc) is 3.80. The molecule has 8 bridgehead atoms. The monoisotopic (exact) mass is 715 g/mol. The van der Waals surface area contributed by atoms with E-state index in [1.54, 1.807) is 0 Å². The Kier molecular flexibility index (Phi) is 6.60. The fourth-order valence-electron chi connectivity index (χ4n) is 8.98. The van der Waals surface area contributed by atoms with Crippen LogP contribution < -0.4 is 0 Å². The Morgan fingerprint density at radius 3 is 1.55 bits per heavy atom. The van der Waals surface area contributed by atoms with Crippen molar-refractivity contribution in [3.8, 4) is 17.1 Å². The molecule has 0 N–H and O–H groups in total. The second-order valence-electron chi connectivity index (χ2n) is 14.6. The van der Waals surface area contributed by atoms with Gasteiger partial charge in [0.25, 0.3) is 0 Å². The predicted molar refractivity (Wildman–Crippen MR) is 234 cm³/mol. The molecule has 0 amide bonds. The second-order valence-corrected chi connectivity index (χ2v) is 14.6. The summed E-state index contributed by atoms with van der Waals surface area (Å²) in [5, 5.41) is 9.24. The maximum atomic E-state index is 6.56. The molecular formula is C52H33N3O. The van der Waals surface area contributed by atoms with E-state index in [-0.39, 0.29) is 0 Å².